The van der Waals surface area contributed by atoms with Gasteiger partial charge in [0.25, 0.3) is 0 Å². The molecule has 1 aliphatic carbocycles. The molecule has 0 bridgehead atoms. The normalized spacial score (nSPS) is 17.3. The highest BCUT2D eigenvalue weighted by molar-refractivity contribution is 5.90. The minimum atomic E-state index is 0.337. The Hall–Kier alpha value is -2.97. The summed E-state index contributed by atoms with van der Waals surface area (Å²) in [6.07, 6.45) is 6.43. The Morgan fingerprint density at radius 3 is 2.63 bits per heavy atom. The molecule has 0 unspecified atom stereocenters. The van der Waals surface area contributed by atoms with Gasteiger partial charge in [0.2, 0.25) is 0 Å². The maximum Gasteiger partial charge on any atom is 0.158 e. The molecule has 1 saturated carbocycles. The van der Waals surface area contributed by atoms with E-state index in [2.05, 4.69) is 76.2 Å². The van der Waals surface area contributed by atoms with Crippen LogP contribution in [0.1, 0.15) is 49.3 Å². The molecular weight excluding hydrogens is 436 g/mol. The van der Waals surface area contributed by atoms with Crippen molar-refractivity contribution in [3.63, 3.8) is 0 Å². The third-order valence-corrected chi connectivity index (χ3v) is 7.77. The van der Waals surface area contributed by atoms with Crippen molar-refractivity contribution in [1.82, 2.24) is 34.8 Å². The molecular formula is C27H36N8. The van der Waals surface area contributed by atoms with Gasteiger partial charge in [-0.1, -0.05) is 13.8 Å². The minimum Gasteiger partial charge on any atom is -0.354 e. The fourth-order valence-electron chi connectivity index (χ4n) is 5.39. The molecule has 8 heteroatoms. The molecule has 5 heterocycles. The Bertz CT molecular complexity index is 1350. The van der Waals surface area contributed by atoms with Gasteiger partial charge in [-0.05, 0) is 55.9 Å². The minimum absolute atomic E-state index is 0.337. The molecule has 35 heavy (non-hydrogen) atoms. The van der Waals surface area contributed by atoms with E-state index in [1.807, 2.05) is 4.52 Å². The first-order valence-corrected chi connectivity index (χ1v) is 13.0. The summed E-state index contributed by atoms with van der Waals surface area (Å²) in [5, 5.41) is 8.04. The van der Waals surface area contributed by atoms with Crippen molar-refractivity contribution in [3.05, 3.63) is 41.3 Å². The van der Waals surface area contributed by atoms with E-state index in [0.717, 1.165) is 84.6 Å². The van der Waals surface area contributed by atoms with E-state index in [0.29, 0.717) is 5.92 Å². The molecule has 4 aromatic rings. The first kappa shape index (κ1) is 22.5. The molecule has 1 saturated heterocycles. The number of fused-ring (bicyclic) bond motifs is 2. The molecule has 8 nitrogen and oxygen atoms in total. The van der Waals surface area contributed by atoms with E-state index in [9.17, 15) is 0 Å². The van der Waals surface area contributed by atoms with Crippen molar-refractivity contribution in [1.29, 1.82) is 0 Å². The summed E-state index contributed by atoms with van der Waals surface area (Å²) in [5.74, 6) is 1.42. The highest BCUT2D eigenvalue weighted by atomic mass is 15.3. The van der Waals surface area contributed by atoms with E-state index in [-0.39, 0.29) is 0 Å². The Balaban J connectivity index is 1.29. The molecule has 0 spiro atoms. The van der Waals surface area contributed by atoms with E-state index < -0.39 is 0 Å². The van der Waals surface area contributed by atoms with Crippen LogP contribution >= 0.6 is 0 Å². The second-order valence-corrected chi connectivity index (χ2v) is 10.5. The standard InChI is InChI=1S/C27H36N8/c1-17(2)24-25(21-15-35-27(29-16-30-35)19(4)18(21)3)31-22-7-8-23(32-26(22)24)34-13-11-33(12-14-34)10-9-28-20-5-6-20/h7-8,15-17,20,28,31H,5-6,9-14H2,1-4H3. The van der Waals surface area contributed by atoms with Gasteiger partial charge in [-0.25, -0.2) is 14.5 Å². The van der Waals surface area contributed by atoms with Crippen LogP contribution in [0.4, 0.5) is 5.82 Å². The summed E-state index contributed by atoms with van der Waals surface area (Å²) in [5.41, 5.74) is 9.05. The largest absolute Gasteiger partial charge is 0.354 e. The van der Waals surface area contributed by atoms with E-state index in [1.165, 1.54) is 24.0 Å². The Morgan fingerprint density at radius 1 is 1.09 bits per heavy atom. The number of nitrogens with one attached hydrogen (secondary N) is 2. The molecule has 6 rings (SSSR count). The van der Waals surface area contributed by atoms with Crippen molar-refractivity contribution < 1.29 is 0 Å². The van der Waals surface area contributed by atoms with Crippen molar-refractivity contribution in [2.24, 2.45) is 0 Å². The number of pyridine rings is 2. The number of aromatic nitrogens is 5. The summed E-state index contributed by atoms with van der Waals surface area (Å²) < 4.78 is 1.88. The lowest BCUT2D eigenvalue weighted by Gasteiger charge is -2.35. The highest BCUT2D eigenvalue weighted by Crippen LogP contribution is 2.38. The van der Waals surface area contributed by atoms with Gasteiger partial charge < -0.3 is 15.2 Å². The molecule has 2 N–H and O–H groups in total. The number of hydrogen-bond donors (Lipinski definition) is 2. The fraction of sp³-hybridized carbons (Fsp3) is 0.519. The fourth-order valence-corrected chi connectivity index (χ4v) is 5.39. The Morgan fingerprint density at radius 2 is 1.89 bits per heavy atom. The second kappa shape index (κ2) is 8.91. The molecule has 1 aliphatic heterocycles. The number of hydrogen-bond acceptors (Lipinski definition) is 6. The first-order chi connectivity index (χ1) is 17.0. The predicted octanol–water partition coefficient (Wildman–Crippen LogP) is 3.89. The number of H-pyrrole nitrogens is 1. The lowest BCUT2D eigenvalue weighted by atomic mass is 9.95. The molecule has 2 fully saturated rings. The van der Waals surface area contributed by atoms with Gasteiger partial charge in [-0.15, -0.1) is 0 Å². The molecule has 0 atom stereocenters. The third kappa shape index (κ3) is 4.19. The quantitative estimate of drug-likeness (QED) is 0.425. The molecule has 184 valence electrons. The van der Waals surface area contributed by atoms with Gasteiger partial charge >= 0.3 is 0 Å². The monoisotopic (exact) mass is 472 g/mol. The maximum absolute atomic E-state index is 5.22. The maximum atomic E-state index is 5.22. The van der Waals surface area contributed by atoms with Crippen LogP contribution < -0.4 is 10.2 Å². The Kier molecular flexibility index (Phi) is 5.73. The molecule has 2 aliphatic rings. The summed E-state index contributed by atoms with van der Waals surface area (Å²) in [4.78, 5) is 18.4. The average molecular weight is 473 g/mol. The topological polar surface area (TPSA) is 77.4 Å². The van der Waals surface area contributed by atoms with E-state index in [1.54, 1.807) is 6.33 Å². The van der Waals surface area contributed by atoms with E-state index >= 15 is 0 Å². The molecule has 0 aromatic carbocycles. The summed E-state index contributed by atoms with van der Waals surface area (Å²) in [7, 11) is 0. The third-order valence-electron chi connectivity index (χ3n) is 7.77. The lowest BCUT2D eigenvalue weighted by molar-refractivity contribution is 0.257. The van der Waals surface area contributed by atoms with Crippen molar-refractivity contribution in [2.45, 2.75) is 52.5 Å². The van der Waals surface area contributed by atoms with Gasteiger partial charge in [0, 0.05) is 62.6 Å². The van der Waals surface area contributed by atoms with Crippen LogP contribution in [0.15, 0.2) is 24.7 Å². The molecule has 0 radical (unpaired) electrons. The van der Waals surface area contributed by atoms with Crippen molar-refractivity contribution >= 4 is 22.5 Å². The molecule has 4 aromatic heterocycles. The number of piperazine rings is 1. The zero-order valence-electron chi connectivity index (χ0n) is 21.3. The average Bonchev–Trinajstić information content (AvgIpc) is 3.41. The van der Waals surface area contributed by atoms with Gasteiger partial charge in [-0.2, -0.15) is 5.10 Å². The van der Waals surface area contributed by atoms with Crippen LogP contribution in [0.5, 0.6) is 0 Å². The highest BCUT2D eigenvalue weighted by Gasteiger charge is 2.24. The van der Waals surface area contributed by atoms with Crippen LogP contribution in [0, 0.1) is 13.8 Å². The zero-order chi connectivity index (χ0) is 24.1. The number of rotatable bonds is 7. The zero-order valence-corrected chi connectivity index (χ0v) is 21.3. The lowest BCUT2D eigenvalue weighted by Crippen LogP contribution is -2.48. The predicted molar refractivity (Wildman–Crippen MR) is 141 cm³/mol. The van der Waals surface area contributed by atoms with Crippen molar-refractivity contribution in [2.75, 3.05) is 44.2 Å². The van der Waals surface area contributed by atoms with Gasteiger partial charge in [0.15, 0.2) is 5.65 Å². The van der Waals surface area contributed by atoms with Crippen LogP contribution in [0.25, 0.3) is 27.9 Å². The first-order valence-electron chi connectivity index (χ1n) is 13.0. The van der Waals surface area contributed by atoms with E-state index in [4.69, 9.17) is 4.98 Å². The summed E-state index contributed by atoms with van der Waals surface area (Å²) >= 11 is 0. The molecule has 0 amide bonds. The van der Waals surface area contributed by atoms with Gasteiger partial charge in [0.05, 0.1) is 16.7 Å². The van der Waals surface area contributed by atoms with Crippen LogP contribution in [0.3, 0.4) is 0 Å². The summed E-state index contributed by atoms with van der Waals surface area (Å²) in [6, 6.07) is 5.17. The number of nitrogens with zero attached hydrogens (tertiary/aromatic N) is 6. The number of anilines is 1. The van der Waals surface area contributed by atoms with Gasteiger partial charge in [0.1, 0.15) is 12.1 Å². The Labute approximate surface area is 206 Å². The second-order valence-electron chi connectivity index (χ2n) is 10.5. The SMILES string of the molecule is Cc1c(-c2[nH]c3ccc(N4CCN(CCNC5CC5)CC4)nc3c2C(C)C)cn2ncnc2c1C. The number of aryl methyl sites for hydroxylation is 1. The smallest absolute Gasteiger partial charge is 0.158 e. The summed E-state index contributed by atoms with van der Waals surface area (Å²) in [6.45, 7) is 15.3. The van der Waals surface area contributed by atoms with Gasteiger partial charge in [-0.3, -0.25) is 4.90 Å². The van der Waals surface area contributed by atoms with Crippen LogP contribution in [0.2, 0.25) is 0 Å². The van der Waals surface area contributed by atoms with Crippen LogP contribution in [-0.2, 0) is 0 Å². The van der Waals surface area contributed by atoms with Crippen LogP contribution in [-0.4, -0.2) is 74.8 Å². The number of aromatic amines is 1. The van der Waals surface area contributed by atoms with Crippen molar-refractivity contribution in [3.8, 4) is 11.3 Å².